The van der Waals surface area contributed by atoms with Gasteiger partial charge in [0.2, 0.25) is 0 Å². The van der Waals surface area contributed by atoms with E-state index in [-0.39, 0.29) is 12.5 Å². The number of ether oxygens (including phenoxy) is 1. The van der Waals surface area contributed by atoms with Crippen molar-refractivity contribution >= 4 is 40.0 Å². The first kappa shape index (κ1) is 26.4. The van der Waals surface area contributed by atoms with E-state index in [4.69, 9.17) is 26.3 Å². The van der Waals surface area contributed by atoms with Gasteiger partial charge in [0.05, 0.1) is 35.8 Å². The van der Waals surface area contributed by atoms with E-state index >= 15 is 0 Å². The maximum atomic E-state index is 11.8. The van der Waals surface area contributed by atoms with Gasteiger partial charge in [-0.05, 0) is 43.3 Å². The monoisotopic (exact) mass is 561 g/mol. The molecule has 1 aromatic heterocycles. The number of benzene rings is 2. The van der Waals surface area contributed by atoms with Crippen LogP contribution in [0.2, 0.25) is 5.02 Å². The lowest BCUT2D eigenvalue weighted by molar-refractivity contribution is 0.119. The molecule has 3 aromatic rings. The highest BCUT2D eigenvalue weighted by molar-refractivity contribution is 6.36. The second-order valence-electron chi connectivity index (χ2n) is 10.6. The third kappa shape index (κ3) is 5.19. The fraction of sp³-hybridized carbons (Fsp3) is 0.448. The van der Waals surface area contributed by atoms with Gasteiger partial charge in [-0.1, -0.05) is 35.9 Å². The third-order valence-corrected chi connectivity index (χ3v) is 8.44. The Labute approximate surface area is 238 Å². The van der Waals surface area contributed by atoms with Gasteiger partial charge in [0.1, 0.15) is 12.4 Å². The standard InChI is InChI=1S/C29H32ClN7O3/c30-23-7-1-4-19-5-2-8-25(26(19)23)35-13-10-22-24(17-35)33-28(40-18-20-6-3-12-32-20)34-27(22)36-14-15-37(29(38)39)21(16-36)9-11-31/h1-2,4-5,7-8,20-21,32H,3,6,9-10,12-18H2,(H,38,39). The highest BCUT2D eigenvalue weighted by Crippen LogP contribution is 2.37. The number of rotatable bonds is 6. The van der Waals surface area contributed by atoms with Crippen LogP contribution in [-0.4, -0.2) is 77.5 Å². The van der Waals surface area contributed by atoms with E-state index < -0.39 is 12.1 Å². The van der Waals surface area contributed by atoms with Gasteiger partial charge in [0.25, 0.3) is 0 Å². The first-order valence-electron chi connectivity index (χ1n) is 13.8. The second kappa shape index (κ2) is 11.4. The first-order valence-corrected chi connectivity index (χ1v) is 14.2. The van der Waals surface area contributed by atoms with E-state index in [0.717, 1.165) is 70.9 Å². The maximum Gasteiger partial charge on any atom is 0.407 e. The number of hydrogen-bond acceptors (Lipinski definition) is 8. The largest absolute Gasteiger partial charge is 0.465 e. The number of aromatic nitrogens is 2. The van der Waals surface area contributed by atoms with Crippen molar-refractivity contribution in [1.82, 2.24) is 20.2 Å². The minimum Gasteiger partial charge on any atom is -0.465 e. The molecule has 6 rings (SSSR count). The Kier molecular flexibility index (Phi) is 7.50. The molecule has 3 aliphatic rings. The molecule has 1 amide bonds. The number of carboxylic acid groups (broad SMARTS) is 1. The van der Waals surface area contributed by atoms with Gasteiger partial charge >= 0.3 is 12.1 Å². The van der Waals surface area contributed by atoms with Gasteiger partial charge < -0.3 is 29.9 Å². The van der Waals surface area contributed by atoms with Crippen LogP contribution in [0.4, 0.5) is 16.3 Å². The number of halogens is 1. The minimum absolute atomic E-state index is 0.127. The molecule has 208 valence electrons. The number of carbonyl (C=O) groups is 1. The molecule has 2 unspecified atom stereocenters. The molecule has 0 radical (unpaired) electrons. The smallest absolute Gasteiger partial charge is 0.407 e. The Bertz CT molecular complexity index is 1450. The number of amides is 1. The SMILES string of the molecule is N#CCC1CN(c2nc(OCC3CCCN3)nc3c2CCN(c2cccc4cccc(Cl)c24)C3)CCN1C(=O)O. The summed E-state index contributed by atoms with van der Waals surface area (Å²) in [6, 6.07) is 14.5. The van der Waals surface area contributed by atoms with Crippen LogP contribution in [0.1, 0.15) is 30.5 Å². The van der Waals surface area contributed by atoms with Crippen molar-refractivity contribution in [1.29, 1.82) is 5.26 Å². The molecule has 2 saturated heterocycles. The summed E-state index contributed by atoms with van der Waals surface area (Å²) in [6.07, 6.45) is 2.03. The van der Waals surface area contributed by atoms with Crippen LogP contribution in [0.25, 0.3) is 10.8 Å². The van der Waals surface area contributed by atoms with Gasteiger partial charge in [-0.15, -0.1) is 0 Å². The maximum absolute atomic E-state index is 11.8. The molecule has 11 heteroatoms. The predicted octanol–water partition coefficient (Wildman–Crippen LogP) is 4.06. The van der Waals surface area contributed by atoms with Crippen LogP contribution < -0.4 is 19.9 Å². The van der Waals surface area contributed by atoms with Gasteiger partial charge in [-0.25, -0.2) is 4.79 Å². The number of fused-ring (bicyclic) bond motifs is 2. The van der Waals surface area contributed by atoms with Crippen LogP contribution in [0.3, 0.4) is 0 Å². The van der Waals surface area contributed by atoms with E-state index in [0.29, 0.717) is 38.8 Å². The predicted molar refractivity (Wildman–Crippen MR) is 153 cm³/mol. The Morgan fingerprint density at radius 2 is 2.02 bits per heavy atom. The van der Waals surface area contributed by atoms with E-state index in [9.17, 15) is 15.2 Å². The molecule has 0 spiro atoms. The number of anilines is 2. The summed E-state index contributed by atoms with van der Waals surface area (Å²) in [6.45, 7) is 4.01. The van der Waals surface area contributed by atoms with E-state index in [1.54, 1.807) is 0 Å². The summed E-state index contributed by atoms with van der Waals surface area (Å²) in [5, 5.41) is 25.3. The highest BCUT2D eigenvalue weighted by Gasteiger charge is 2.34. The Morgan fingerprint density at radius 3 is 2.80 bits per heavy atom. The topological polar surface area (TPSA) is 118 Å². The summed E-state index contributed by atoms with van der Waals surface area (Å²) in [7, 11) is 0. The summed E-state index contributed by atoms with van der Waals surface area (Å²) < 4.78 is 6.14. The molecule has 2 aromatic carbocycles. The Morgan fingerprint density at radius 1 is 1.18 bits per heavy atom. The van der Waals surface area contributed by atoms with Crippen molar-refractivity contribution in [3.05, 3.63) is 52.7 Å². The van der Waals surface area contributed by atoms with Crippen molar-refractivity contribution in [2.45, 2.75) is 44.3 Å². The molecule has 40 heavy (non-hydrogen) atoms. The normalized spacial score (nSPS) is 20.9. The first-order chi connectivity index (χ1) is 19.5. The number of nitrogens with zero attached hydrogens (tertiary/aromatic N) is 6. The number of piperazine rings is 1. The number of nitrogens with one attached hydrogen (secondary N) is 1. The van der Waals surface area contributed by atoms with Crippen molar-refractivity contribution in [2.75, 3.05) is 49.1 Å². The van der Waals surface area contributed by atoms with E-state index in [2.05, 4.69) is 45.5 Å². The van der Waals surface area contributed by atoms with Gasteiger partial charge in [-0.3, -0.25) is 0 Å². The molecule has 0 saturated carbocycles. The molecule has 4 heterocycles. The fourth-order valence-corrected chi connectivity index (χ4v) is 6.39. The Hall–Kier alpha value is -3.81. The quantitative estimate of drug-likeness (QED) is 0.459. The van der Waals surface area contributed by atoms with Crippen molar-refractivity contribution in [3.63, 3.8) is 0 Å². The average Bonchev–Trinajstić information content (AvgIpc) is 3.49. The lowest BCUT2D eigenvalue weighted by atomic mass is 10.0. The minimum atomic E-state index is -0.998. The summed E-state index contributed by atoms with van der Waals surface area (Å²) >= 11 is 6.66. The van der Waals surface area contributed by atoms with Crippen molar-refractivity contribution < 1.29 is 14.6 Å². The average molecular weight is 562 g/mol. The molecule has 0 bridgehead atoms. The summed E-state index contributed by atoms with van der Waals surface area (Å²) in [5.41, 5.74) is 3.01. The second-order valence-corrected chi connectivity index (χ2v) is 11.0. The zero-order valence-corrected chi connectivity index (χ0v) is 23.0. The molecule has 2 atom stereocenters. The van der Waals surface area contributed by atoms with Gasteiger partial charge in [-0.2, -0.15) is 15.2 Å². The van der Waals surface area contributed by atoms with Crippen molar-refractivity contribution in [3.8, 4) is 12.1 Å². The number of nitriles is 1. The van der Waals surface area contributed by atoms with Gasteiger partial charge in [0, 0.05) is 48.9 Å². The molecule has 0 aliphatic carbocycles. The molecule has 3 aliphatic heterocycles. The molecule has 2 N–H and O–H groups in total. The molecule has 10 nitrogen and oxygen atoms in total. The highest BCUT2D eigenvalue weighted by atomic mass is 35.5. The van der Waals surface area contributed by atoms with Crippen LogP contribution in [0.5, 0.6) is 6.01 Å². The Balaban J connectivity index is 1.34. The lowest BCUT2D eigenvalue weighted by Gasteiger charge is -2.41. The summed E-state index contributed by atoms with van der Waals surface area (Å²) in [5.74, 6) is 0.781. The van der Waals surface area contributed by atoms with Crippen LogP contribution in [0, 0.1) is 11.3 Å². The molecular formula is C29H32ClN7O3. The fourth-order valence-electron chi connectivity index (χ4n) is 6.11. The molecular weight excluding hydrogens is 530 g/mol. The van der Waals surface area contributed by atoms with Gasteiger partial charge in [0.15, 0.2) is 0 Å². The van der Waals surface area contributed by atoms with Crippen LogP contribution in [-0.2, 0) is 13.0 Å². The summed E-state index contributed by atoms with van der Waals surface area (Å²) in [4.78, 5) is 27.3. The van der Waals surface area contributed by atoms with E-state index in [1.807, 2.05) is 12.1 Å². The zero-order valence-electron chi connectivity index (χ0n) is 22.2. The molecule has 2 fully saturated rings. The lowest BCUT2D eigenvalue weighted by Crippen LogP contribution is -2.55. The number of hydrogen-bond donors (Lipinski definition) is 2. The van der Waals surface area contributed by atoms with Crippen LogP contribution in [0.15, 0.2) is 36.4 Å². The van der Waals surface area contributed by atoms with E-state index in [1.165, 1.54) is 4.90 Å². The zero-order chi connectivity index (χ0) is 27.6. The van der Waals surface area contributed by atoms with Crippen molar-refractivity contribution in [2.24, 2.45) is 0 Å². The van der Waals surface area contributed by atoms with Crippen LogP contribution >= 0.6 is 11.6 Å². The third-order valence-electron chi connectivity index (χ3n) is 8.13.